The van der Waals surface area contributed by atoms with Crippen LogP contribution in [0.1, 0.15) is 73.6 Å². The average molecular weight is 365 g/mol. The Balaban J connectivity index is 4.55. The van der Waals surface area contributed by atoms with E-state index in [-0.39, 0.29) is 13.2 Å². The predicted molar refractivity (Wildman–Crippen MR) is 107 cm³/mol. The van der Waals surface area contributed by atoms with Crippen molar-refractivity contribution >= 4 is 11.9 Å². The molecule has 0 fully saturated rings. The number of hydrogen-bond acceptors (Lipinski definition) is 4. The van der Waals surface area contributed by atoms with E-state index in [4.69, 9.17) is 9.47 Å². The molecule has 0 saturated carbocycles. The molecule has 26 heavy (non-hydrogen) atoms. The van der Waals surface area contributed by atoms with Gasteiger partial charge in [-0.2, -0.15) is 0 Å². The standard InChI is InChI=1S/C22H36O4/c1-7-25-21(23)20(22(24)26-8-2)16-15-19(6)14-10-13-18(5)12-9-11-17(3)4/h11,13,15,20H,7-10,12,14,16H2,1-6H3/b18-13+,19-15+. The molecule has 0 heterocycles. The van der Waals surface area contributed by atoms with Gasteiger partial charge in [-0.1, -0.05) is 34.9 Å². The van der Waals surface area contributed by atoms with E-state index in [1.165, 1.54) is 11.1 Å². The van der Waals surface area contributed by atoms with Crippen LogP contribution < -0.4 is 0 Å². The highest BCUT2D eigenvalue weighted by Gasteiger charge is 2.28. The Morgan fingerprint density at radius 2 is 1.23 bits per heavy atom. The third-order valence-corrected chi connectivity index (χ3v) is 3.97. The van der Waals surface area contributed by atoms with Gasteiger partial charge >= 0.3 is 11.9 Å². The van der Waals surface area contributed by atoms with Crippen LogP contribution in [-0.4, -0.2) is 25.2 Å². The molecular weight excluding hydrogens is 328 g/mol. The minimum absolute atomic E-state index is 0.258. The number of carbonyl (C=O) groups excluding carboxylic acids is 2. The van der Waals surface area contributed by atoms with Crippen LogP contribution in [0.15, 0.2) is 34.9 Å². The highest BCUT2D eigenvalue weighted by atomic mass is 16.6. The molecule has 0 aliphatic heterocycles. The summed E-state index contributed by atoms with van der Waals surface area (Å²) in [5.74, 6) is -1.89. The van der Waals surface area contributed by atoms with E-state index < -0.39 is 17.9 Å². The summed E-state index contributed by atoms with van der Waals surface area (Å²) >= 11 is 0. The van der Waals surface area contributed by atoms with Crippen LogP contribution in [-0.2, 0) is 19.1 Å². The van der Waals surface area contributed by atoms with Crippen LogP contribution in [0.3, 0.4) is 0 Å². The van der Waals surface area contributed by atoms with Gasteiger partial charge in [0.25, 0.3) is 0 Å². The molecule has 0 rings (SSSR count). The second kappa shape index (κ2) is 14.3. The fourth-order valence-electron chi connectivity index (χ4n) is 2.43. The van der Waals surface area contributed by atoms with Crippen LogP contribution in [0.5, 0.6) is 0 Å². The van der Waals surface area contributed by atoms with Crippen LogP contribution in [0, 0.1) is 5.92 Å². The minimum atomic E-state index is -0.869. The average Bonchev–Trinajstić information content (AvgIpc) is 2.55. The lowest BCUT2D eigenvalue weighted by Gasteiger charge is -2.13. The molecule has 0 bridgehead atoms. The molecule has 0 aliphatic rings. The van der Waals surface area contributed by atoms with Crippen molar-refractivity contribution in [2.45, 2.75) is 73.6 Å². The SMILES string of the molecule is CCOC(=O)C(C/C=C(\C)CC/C=C(\C)CCC=C(C)C)C(=O)OCC. The van der Waals surface area contributed by atoms with Gasteiger partial charge in [0, 0.05) is 0 Å². The molecule has 0 radical (unpaired) electrons. The molecule has 0 spiro atoms. The second-order valence-electron chi connectivity index (χ2n) is 6.75. The molecule has 0 saturated heterocycles. The topological polar surface area (TPSA) is 52.6 Å². The fraction of sp³-hybridized carbons (Fsp3) is 0.636. The monoisotopic (exact) mass is 364 g/mol. The lowest BCUT2D eigenvalue weighted by molar-refractivity contribution is -0.161. The molecule has 0 aromatic heterocycles. The number of ether oxygens (including phenoxy) is 2. The van der Waals surface area contributed by atoms with Crippen LogP contribution >= 0.6 is 0 Å². The highest BCUT2D eigenvalue weighted by molar-refractivity contribution is 5.95. The number of rotatable bonds is 12. The molecule has 4 nitrogen and oxygen atoms in total. The molecular formula is C22H36O4. The summed E-state index contributed by atoms with van der Waals surface area (Å²) in [7, 11) is 0. The summed E-state index contributed by atoms with van der Waals surface area (Å²) in [6.45, 7) is 12.4. The number of hydrogen-bond donors (Lipinski definition) is 0. The van der Waals surface area contributed by atoms with Crippen LogP contribution in [0.25, 0.3) is 0 Å². The zero-order valence-electron chi connectivity index (χ0n) is 17.4. The van der Waals surface area contributed by atoms with Gasteiger partial charge in [-0.05, 0) is 73.6 Å². The van der Waals surface area contributed by atoms with E-state index >= 15 is 0 Å². The zero-order chi connectivity index (χ0) is 19.9. The first kappa shape index (κ1) is 24.2. The van der Waals surface area contributed by atoms with E-state index in [0.29, 0.717) is 6.42 Å². The molecule has 0 aromatic carbocycles. The lowest BCUT2D eigenvalue weighted by atomic mass is 10.0. The van der Waals surface area contributed by atoms with Crippen LogP contribution in [0.2, 0.25) is 0 Å². The molecule has 0 amide bonds. The molecule has 0 unspecified atom stereocenters. The van der Waals surface area contributed by atoms with E-state index in [9.17, 15) is 9.59 Å². The van der Waals surface area contributed by atoms with Crippen molar-refractivity contribution < 1.29 is 19.1 Å². The van der Waals surface area contributed by atoms with Gasteiger partial charge in [0.15, 0.2) is 5.92 Å². The molecule has 0 aliphatic carbocycles. The first-order valence-electron chi connectivity index (χ1n) is 9.59. The first-order chi connectivity index (χ1) is 12.3. The molecule has 0 N–H and O–H groups in total. The van der Waals surface area contributed by atoms with Gasteiger partial charge in [-0.3, -0.25) is 9.59 Å². The second-order valence-corrected chi connectivity index (χ2v) is 6.75. The third kappa shape index (κ3) is 11.7. The maximum Gasteiger partial charge on any atom is 0.320 e. The Labute approximate surface area is 159 Å². The van der Waals surface area contributed by atoms with Gasteiger partial charge in [-0.15, -0.1) is 0 Å². The summed E-state index contributed by atoms with van der Waals surface area (Å²) in [4.78, 5) is 23.9. The largest absolute Gasteiger partial charge is 0.465 e. The number of allylic oxidation sites excluding steroid dienone is 6. The van der Waals surface area contributed by atoms with Crippen molar-refractivity contribution in [3.63, 3.8) is 0 Å². The van der Waals surface area contributed by atoms with Gasteiger partial charge in [-0.25, -0.2) is 0 Å². The predicted octanol–water partition coefficient (Wildman–Crippen LogP) is 5.54. The Hall–Kier alpha value is -1.84. The van der Waals surface area contributed by atoms with Gasteiger partial charge < -0.3 is 9.47 Å². The third-order valence-electron chi connectivity index (χ3n) is 3.97. The Kier molecular flexibility index (Phi) is 13.3. The van der Waals surface area contributed by atoms with Crippen molar-refractivity contribution in [3.8, 4) is 0 Å². The van der Waals surface area contributed by atoms with Gasteiger partial charge in [0.2, 0.25) is 0 Å². The summed E-state index contributed by atoms with van der Waals surface area (Å²) in [5.41, 5.74) is 3.91. The van der Waals surface area contributed by atoms with Crippen LogP contribution in [0.4, 0.5) is 0 Å². The van der Waals surface area contributed by atoms with Crippen molar-refractivity contribution in [3.05, 3.63) is 34.9 Å². The number of esters is 2. The molecule has 0 aromatic rings. The normalized spacial score (nSPS) is 12.1. The Morgan fingerprint density at radius 3 is 1.69 bits per heavy atom. The van der Waals surface area contributed by atoms with Crippen molar-refractivity contribution in [2.24, 2.45) is 5.92 Å². The maximum atomic E-state index is 12.0. The molecule has 148 valence electrons. The van der Waals surface area contributed by atoms with Gasteiger partial charge in [0.05, 0.1) is 13.2 Å². The van der Waals surface area contributed by atoms with E-state index in [1.54, 1.807) is 13.8 Å². The quantitative estimate of drug-likeness (QED) is 0.259. The fourth-order valence-corrected chi connectivity index (χ4v) is 2.43. The highest BCUT2D eigenvalue weighted by Crippen LogP contribution is 2.15. The molecule has 4 heteroatoms. The van der Waals surface area contributed by atoms with E-state index in [1.807, 2.05) is 13.0 Å². The lowest BCUT2D eigenvalue weighted by Crippen LogP contribution is -2.27. The van der Waals surface area contributed by atoms with Crippen molar-refractivity contribution in [1.82, 2.24) is 0 Å². The summed E-state index contributed by atoms with van der Waals surface area (Å²) < 4.78 is 9.97. The molecule has 0 atom stereocenters. The van der Waals surface area contributed by atoms with Crippen molar-refractivity contribution in [2.75, 3.05) is 13.2 Å². The Bertz CT molecular complexity index is 504. The number of carbonyl (C=O) groups is 2. The maximum absolute atomic E-state index is 12.0. The van der Waals surface area contributed by atoms with Crippen molar-refractivity contribution in [1.29, 1.82) is 0 Å². The zero-order valence-corrected chi connectivity index (χ0v) is 17.4. The summed E-state index contributed by atoms with van der Waals surface area (Å²) in [6.07, 6.45) is 10.8. The first-order valence-corrected chi connectivity index (χ1v) is 9.59. The minimum Gasteiger partial charge on any atom is -0.465 e. The van der Waals surface area contributed by atoms with E-state index in [0.717, 1.165) is 31.3 Å². The van der Waals surface area contributed by atoms with E-state index in [2.05, 4.69) is 32.9 Å². The summed E-state index contributed by atoms with van der Waals surface area (Å²) in [5, 5.41) is 0. The smallest absolute Gasteiger partial charge is 0.320 e. The summed E-state index contributed by atoms with van der Waals surface area (Å²) in [6, 6.07) is 0. The van der Waals surface area contributed by atoms with Gasteiger partial charge in [0.1, 0.15) is 0 Å². The Morgan fingerprint density at radius 1 is 0.769 bits per heavy atom.